The molecule has 24 heavy (non-hydrogen) atoms. The molecule has 0 amide bonds. The second-order valence-corrected chi connectivity index (χ2v) is 6.61. The van der Waals surface area contributed by atoms with Gasteiger partial charge in [0.1, 0.15) is 0 Å². The maximum Gasteiger partial charge on any atom is 0.185 e. The zero-order valence-corrected chi connectivity index (χ0v) is 14.8. The van der Waals surface area contributed by atoms with Crippen molar-refractivity contribution in [1.82, 2.24) is 4.57 Å². The van der Waals surface area contributed by atoms with Crippen LogP contribution in [-0.4, -0.2) is 16.1 Å². The molecule has 0 bridgehead atoms. The molecule has 3 nitrogen and oxygen atoms in total. The smallest absolute Gasteiger partial charge is 0.185 e. The fourth-order valence-electron chi connectivity index (χ4n) is 3.52. The molecule has 0 spiro atoms. The van der Waals surface area contributed by atoms with E-state index in [1.54, 1.807) is 20.8 Å². The van der Waals surface area contributed by atoms with Gasteiger partial charge in [-0.2, -0.15) is 0 Å². The first kappa shape index (κ1) is 16.4. The standard InChI is InChI=1S/C21H23NO2/c1-13-12-17-8-5-6-10-19(17)22(13)11-7-9-18-16(4)20(23)14(2)15(3)21(18)24/h5-6,8,10,12H,7,9,11H2,1-4H3. The van der Waals surface area contributed by atoms with Crippen LogP contribution in [-0.2, 0) is 16.1 Å². The summed E-state index contributed by atoms with van der Waals surface area (Å²) in [4.78, 5) is 24.7. The molecule has 0 unspecified atom stereocenters. The fourth-order valence-corrected chi connectivity index (χ4v) is 3.52. The van der Waals surface area contributed by atoms with Crippen LogP contribution in [0.1, 0.15) is 39.3 Å². The number of hydrogen-bond acceptors (Lipinski definition) is 2. The lowest BCUT2D eigenvalue weighted by Gasteiger charge is -2.19. The van der Waals surface area contributed by atoms with Crippen molar-refractivity contribution in [2.24, 2.45) is 0 Å². The zero-order valence-electron chi connectivity index (χ0n) is 14.8. The Hall–Kier alpha value is -2.42. The molecule has 0 saturated carbocycles. The minimum atomic E-state index is 0.0182. The largest absolute Gasteiger partial charge is 0.345 e. The Bertz CT molecular complexity index is 909. The zero-order chi connectivity index (χ0) is 17.4. The number of carbonyl (C=O) groups is 2. The minimum absolute atomic E-state index is 0.0182. The molecule has 0 aliphatic heterocycles. The second kappa shape index (κ2) is 6.23. The number of nitrogens with zero attached hydrogens (tertiary/aromatic N) is 1. The van der Waals surface area contributed by atoms with Crippen LogP contribution in [0.15, 0.2) is 52.6 Å². The van der Waals surface area contributed by atoms with E-state index in [4.69, 9.17) is 0 Å². The van der Waals surface area contributed by atoms with Gasteiger partial charge in [0, 0.05) is 40.0 Å². The molecule has 1 aromatic heterocycles. The highest BCUT2D eigenvalue weighted by atomic mass is 16.1. The lowest BCUT2D eigenvalue weighted by atomic mass is 9.84. The Morgan fingerprint density at radius 3 is 2.29 bits per heavy atom. The average Bonchev–Trinajstić information content (AvgIpc) is 2.90. The first-order valence-corrected chi connectivity index (χ1v) is 8.43. The number of carbonyl (C=O) groups excluding carboxylic acids is 2. The molecule has 1 aliphatic rings. The number of rotatable bonds is 4. The van der Waals surface area contributed by atoms with Gasteiger partial charge in [-0.3, -0.25) is 9.59 Å². The number of ketones is 2. The monoisotopic (exact) mass is 321 g/mol. The highest BCUT2D eigenvalue weighted by Crippen LogP contribution is 2.27. The van der Waals surface area contributed by atoms with Crippen molar-refractivity contribution in [2.75, 3.05) is 0 Å². The van der Waals surface area contributed by atoms with E-state index >= 15 is 0 Å². The van der Waals surface area contributed by atoms with Gasteiger partial charge in [0.15, 0.2) is 11.6 Å². The summed E-state index contributed by atoms with van der Waals surface area (Å²) < 4.78 is 2.29. The minimum Gasteiger partial charge on any atom is -0.345 e. The van der Waals surface area contributed by atoms with Gasteiger partial charge in [-0.05, 0) is 58.1 Å². The number of aryl methyl sites for hydroxylation is 2. The average molecular weight is 321 g/mol. The van der Waals surface area contributed by atoms with Crippen LogP contribution in [0.3, 0.4) is 0 Å². The third-order valence-corrected chi connectivity index (χ3v) is 5.14. The first-order chi connectivity index (χ1) is 11.4. The molecule has 124 valence electrons. The molecule has 1 heterocycles. The van der Waals surface area contributed by atoms with Gasteiger partial charge in [0.2, 0.25) is 0 Å². The van der Waals surface area contributed by atoms with E-state index in [1.807, 2.05) is 12.1 Å². The first-order valence-electron chi connectivity index (χ1n) is 8.43. The predicted molar refractivity (Wildman–Crippen MR) is 97.0 cm³/mol. The van der Waals surface area contributed by atoms with Gasteiger partial charge in [-0.15, -0.1) is 0 Å². The number of allylic oxidation sites excluding steroid dienone is 4. The summed E-state index contributed by atoms with van der Waals surface area (Å²) in [5, 5.41) is 1.24. The van der Waals surface area contributed by atoms with E-state index in [2.05, 4.69) is 29.7 Å². The molecular weight excluding hydrogens is 298 g/mol. The summed E-state index contributed by atoms with van der Waals surface area (Å²) in [5.41, 5.74) is 4.95. The lowest BCUT2D eigenvalue weighted by molar-refractivity contribution is -0.116. The van der Waals surface area contributed by atoms with Crippen molar-refractivity contribution in [3.05, 3.63) is 58.3 Å². The summed E-state index contributed by atoms with van der Waals surface area (Å²) in [6.45, 7) is 8.23. The molecule has 3 heteroatoms. The van der Waals surface area contributed by atoms with Crippen LogP contribution in [0.2, 0.25) is 0 Å². The number of aromatic nitrogens is 1. The maximum absolute atomic E-state index is 12.5. The van der Waals surface area contributed by atoms with Gasteiger partial charge >= 0.3 is 0 Å². The fraction of sp³-hybridized carbons (Fsp3) is 0.333. The van der Waals surface area contributed by atoms with Gasteiger partial charge in [0.05, 0.1) is 0 Å². The number of para-hydroxylation sites is 1. The molecule has 0 radical (unpaired) electrons. The summed E-state index contributed by atoms with van der Waals surface area (Å²) in [7, 11) is 0. The van der Waals surface area contributed by atoms with Crippen LogP contribution >= 0.6 is 0 Å². The van der Waals surface area contributed by atoms with Crippen molar-refractivity contribution in [3.63, 3.8) is 0 Å². The SMILES string of the molecule is CC1=C(C)C(=O)C(CCCn2c(C)cc3ccccc32)=C(C)C1=O. The van der Waals surface area contributed by atoms with E-state index in [-0.39, 0.29) is 11.6 Å². The summed E-state index contributed by atoms with van der Waals surface area (Å²) in [6, 6.07) is 10.5. The Morgan fingerprint density at radius 1 is 0.875 bits per heavy atom. The van der Waals surface area contributed by atoms with Gasteiger partial charge < -0.3 is 4.57 Å². The Balaban J connectivity index is 1.78. The number of fused-ring (bicyclic) bond motifs is 1. The normalized spacial score (nSPS) is 15.8. The third kappa shape index (κ3) is 2.64. The second-order valence-electron chi connectivity index (χ2n) is 6.61. The van der Waals surface area contributed by atoms with Crippen LogP contribution in [0.25, 0.3) is 10.9 Å². The summed E-state index contributed by atoms with van der Waals surface area (Å²) >= 11 is 0. The number of hydrogen-bond donors (Lipinski definition) is 0. The third-order valence-electron chi connectivity index (χ3n) is 5.14. The van der Waals surface area contributed by atoms with Crippen LogP contribution in [0, 0.1) is 6.92 Å². The van der Waals surface area contributed by atoms with Crippen LogP contribution < -0.4 is 0 Å². The summed E-state index contributed by atoms with van der Waals surface area (Å²) in [5.74, 6) is 0.0587. The van der Waals surface area contributed by atoms with Gasteiger partial charge in [0.25, 0.3) is 0 Å². The van der Waals surface area contributed by atoms with Gasteiger partial charge in [-0.25, -0.2) is 0 Å². The van der Waals surface area contributed by atoms with Crippen LogP contribution in [0.5, 0.6) is 0 Å². The van der Waals surface area contributed by atoms with Crippen LogP contribution in [0.4, 0.5) is 0 Å². The molecule has 0 saturated heterocycles. The molecule has 2 aromatic rings. The number of benzene rings is 1. The highest BCUT2D eigenvalue weighted by molar-refractivity contribution is 6.24. The molecule has 0 N–H and O–H groups in total. The Kier molecular flexibility index (Phi) is 4.27. The maximum atomic E-state index is 12.5. The van der Waals surface area contributed by atoms with Crippen molar-refractivity contribution >= 4 is 22.5 Å². The molecule has 3 rings (SSSR count). The molecule has 0 atom stereocenters. The van der Waals surface area contributed by atoms with Crippen molar-refractivity contribution < 1.29 is 9.59 Å². The topological polar surface area (TPSA) is 39.1 Å². The van der Waals surface area contributed by atoms with E-state index in [0.717, 1.165) is 13.0 Å². The van der Waals surface area contributed by atoms with E-state index in [9.17, 15) is 9.59 Å². The summed E-state index contributed by atoms with van der Waals surface area (Å²) in [6.07, 6.45) is 1.49. The molecule has 1 aromatic carbocycles. The predicted octanol–water partition coefficient (Wildman–Crippen LogP) is 4.53. The van der Waals surface area contributed by atoms with Gasteiger partial charge in [-0.1, -0.05) is 18.2 Å². The molecule has 0 fully saturated rings. The van der Waals surface area contributed by atoms with Crippen molar-refractivity contribution in [2.45, 2.75) is 47.1 Å². The van der Waals surface area contributed by atoms with Crippen molar-refractivity contribution in [3.8, 4) is 0 Å². The Labute approximate surface area is 142 Å². The molecule has 1 aliphatic carbocycles. The Morgan fingerprint density at radius 2 is 1.54 bits per heavy atom. The van der Waals surface area contributed by atoms with Crippen molar-refractivity contribution in [1.29, 1.82) is 0 Å². The lowest BCUT2D eigenvalue weighted by Crippen LogP contribution is -2.21. The highest BCUT2D eigenvalue weighted by Gasteiger charge is 2.27. The molecular formula is C21H23NO2. The van der Waals surface area contributed by atoms with E-state index in [1.165, 1.54) is 16.6 Å². The quantitative estimate of drug-likeness (QED) is 0.776. The number of Topliss-reactive ketones (excluding diaryl/α,β-unsaturated/α-hetero) is 2. The van der Waals surface area contributed by atoms with E-state index in [0.29, 0.717) is 28.7 Å². The van der Waals surface area contributed by atoms with E-state index < -0.39 is 0 Å².